The van der Waals surface area contributed by atoms with Crippen molar-refractivity contribution in [2.75, 3.05) is 19.6 Å². The lowest BCUT2D eigenvalue weighted by Crippen LogP contribution is -2.31. The number of amides is 1. The third kappa shape index (κ3) is 9.55. The SMILES string of the molecule is CCNCCNC(=O)CCCCc1ccc(I)cc1.Cl. The number of aryl methyl sites for hydroxylation is 1. The summed E-state index contributed by atoms with van der Waals surface area (Å²) in [5, 5.41) is 6.10. The fourth-order valence-electron chi connectivity index (χ4n) is 1.82. The Balaban J connectivity index is 0.00000361. The van der Waals surface area contributed by atoms with Gasteiger partial charge in [-0.2, -0.15) is 0 Å². The number of carbonyl (C=O) groups is 1. The first-order valence-electron chi connectivity index (χ1n) is 6.94. The number of benzene rings is 1. The van der Waals surface area contributed by atoms with E-state index in [1.54, 1.807) is 0 Å². The van der Waals surface area contributed by atoms with Gasteiger partial charge in [-0.05, 0) is 66.1 Å². The topological polar surface area (TPSA) is 41.1 Å². The Morgan fingerprint density at radius 1 is 1.15 bits per heavy atom. The molecule has 0 aromatic heterocycles. The Hall–Kier alpha value is -0.330. The van der Waals surface area contributed by atoms with Crippen molar-refractivity contribution in [1.29, 1.82) is 0 Å². The third-order valence-corrected chi connectivity index (χ3v) is 3.63. The molecule has 1 amide bonds. The predicted octanol–water partition coefficient (Wildman–Crippen LogP) is 3.15. The van der Waals surface area contributed by atoms with Crippen LogP contribution in [0.3, 0.4) is 0 Å². The van der Waals surface area contributed by atoms with Crippen LogP contribution in [0.4, 0.5) is 0 Å². The first-order valence-corrected chi connectivity index (χ1v) is 8.02. The summed E-state index contributed by atoms with van der Waals surface area (Å²) in [5.74, 6) is 0.167. The predicted molar refractivity (Wildman–Crippen MR) is 95.5 cm³/mol. The van der Waals surface area contributed by atoms with E-state index in [4.69, 9.17) is 0 Å². The van der Waals surface area contributed by atoms with E-state index >= 15 is 0 Å². The number of nitrogens with one attached hydrogen (secondary N) is 2. The molecule has 0 bridgehead atoms. The lowest BCUT2D eigenvalue weighted by Gasteiger charge is -2.05. The largest absolute Gasteiger partial charge is 0.355 e. The molecular formula is C15H24ClIN2O. The Morgan fingerprint density at radius 2 is 1.85 bits per heavy atom. The van der Waals surface area contributed by atoms with Gasteiger partial charge >= 0.3 is 0 Å². The van der Waals surface area contributed by atoms with Gasteiger partial charge in [0.05, 0.1) is 0 Å². The highest BCUT2D eigenvalue weighted by Gasteiger charge is 2.00. The normalized spacial score (nSPS) is 9.90. The number of hydrogen-bond donors (Lipinski definition) is 2. The van der Waals surface area contributed by atoms with Crippen molar-refractivity contribution in [3.63, 3.8) is 0 Å². The zero-order chi connectivity index (χ0) is 13.9. The van der Waals surface area contributed by atoms with Gasteiger partial charge in [0, 0.05) is 23.1 Å². The van der Waals surface area contributed by atoms with Crippen molar-refractivity contribution in [1.82, 2.24) is 10.6 Å². The first-order chi connectivity index (χ1) is 9.22. The molecule has 0 saturated carbocycles. The van der Waals surface area contributed by atoms with Crippen molar-refractivity contribution in [3.8, 4) is 0 Å². The summed E-state index contributed by atoms with van der Waals surface area (Å²) < 4.78 is 1.27. The minimum absolute atomic E-state index is 0. The van der Waals surface area contributed by atoms with Crippen LogP contribution in [0.5, 0.6) is 0 Å². The summed E-state index contributed by atoms with van der Waals surface area (Å²) in [6.45, 7) is 4.59. The molecule has 0 radical (unpaired) electrons. The summed E-state index contributed by atoms with van der Waals surface area (Å²) in [7, 11) is 0. The number of likely N-dealkylation sites (N-methyl/N-ethyl adjacent to an activating group) is 1. The molecule has 1 rings (SSSR count). The number of hydrogen-bond acceptors (Lipinski definition) is 2. The van der Waals surface area contributed by atoms with Crippen molar-refractivity contribution in [3.05, 3.63) is 33.4 Å². The van der Waals surface area contributed by atoms with E-state index in [-0.39, 0.29) is 18.3 Å². The zero-order valence-corrected chi connectivity index (χ0v) is 14.9. The highest BCUT2D eigenvalue weighted by atomic mass is 127. The van der Waals surface area contributed by atoms with Gasteiger partial charge in [-0.1, -0.05) is 19.1 Å². The molecule has 1 aromatic rings. The third-order valence-electron chi connectivity index (χ3n) is 2.91. The maximum atomic E-state index is 11.5. The van der Waals surface area contributed by atoms with Crippen LogP contribution in [0.15, 0.2) is 24.3 Å². The van der Waals surface area contributed by atoms with Gasteiger partial charge in [0.2, 0.25) is 5.91 Å². The van der Waals surface area contributed by atoms with Gasteiger partial charge in [0.15, 0.2) is 0 Å². The second kappa shape index (κ2) is 12.4. The van der Waals surface area contributed by atoms with E-state index in [0.717, 1.165) is 38.9 Å². The summed E-state index contributed by atoms with van der Waals surface area (Å²) in [6, 6.07) is 8.59. The monoisotopic (exact) mass is 410 g/mol. The van der Waals surface area contributed by atoms with E-state index in [1.165, 1.54) is 9.13 Å². The van der Waals surface area contributed by atoms with Gasteiger partial charge in [0.25, 0.3) is 0 Å². The molecule has 5 heteroatoms. The van der Waals surface area contributed by atoms with Crippen LogP contribution in [0, 0.1) is 3.57 Å². The molecule has 1 aromatic carbocycles. The van der Waals surface area contributed by atoms with Gasteiger partial charge in [-0.15, -0.1) is 12.4 Å². The standard InChI is InChI=1S/C15H23IN2O.ClH/c1-2-17-11-12-18-15(19)6-4-3-5-13-7-9-14(16)10-8-13;/h7-10,17H,2-6,11-12H2,1H3,(H,18,19);1H. The molecule has 0 aliphatic carbocycles. The molecule has 0 unspecified atom stereocenters. The van der Waals surface area contributed by atoms with Crippen LogP contribution in [0.2, 0.25) is 0 Å². The molecule has 0 saturated heterocycles. The van der Waals surface area contributed by atoms with E-state index in [1.807, 2.05) is 0 Å². The average Bonchev–Trinajstić information content (AvgIpc) is 2.42. The lowest BCUT2D eigenvalue weighted by atomic mass is 10.1. The molecular weight excluding hydrogens is 387 g/mol. The maximum absolute atomic E-state index is 11.5. The molecule has 114 valence electrons. The van der Waals surface area contributed by atoms with E-state index in [2.05, 4.69) is 64.4 Å². The molecule has 0 aliphatic heterocycles. The summed E-state index contributed by atoms with van der Waals surface area (Å²) in [6.07, 6.45) is 3.72. The zero-order valence-electron chi connectivity index (χ0n) is 12.0. The van der Waals surface area contributed by atoms with E-state index in [9.17, 15) is 4.79 Å². The van der Waals surface area contributed by atoms with E-state index in [0.29, 0.717) is 6.42 Å². The summed E-state index contributed by atoms with van der Waals surface area (Å²) in [5.41, 5.74) is 1.35. The number of carbonyl (C=O) groups excluding carboxylic acids is 1. The molecule has 0 fully saturated rings. The molecule has 0 atom stereocenters. The first kappa shape index (κ1) is 19.7. The van der Waals surface area contributed by atoms with Crippen LogP contribution in [-0.4, -0.2) is 25.5 Å². The van der Waals surface area contributed by atoms with Gasteiger partial charge in [0.1, 0.15) is 0 Å². The summed E-state index contributed by atoms with van der Waals surface area (Å²) >= 11 is 2.31. The second-order valence-electron chi connectivity index (χ2n) is 4.54. The highest BCUT2D eigenvalue weighted by Crippen LogP contribution is 2.10. The smallest absolute Gasteiger partial charge is 0.220 e. The van der Waals surface area contributed by atoms with E-state index < -0.39 is 0 Å². The number of unbranched alkanes of at least 4 members (excludes halogenated alkanes) is 1. The fourth-order valence-corrected chi connectivity index (χ4v) is 2.18. The second-order valence-corrected chi connectivity index (χ2v) is 5.78. The van der Waals surface area contributed by atoms with Gasteiger partial charge in [-0.25, -0.2) is 0 Å². The lowest BCUT2D eigenvalue weighted by molar-refractivity contribution is -0.121. The Bertz CT molecular complexity index is 371. The Kier molecular flexibility index (Phi) is 12.2. The van der Waals surface area contributed by atoms with Crippen LogP contribution < -0.4 is 10.6 Å². The molecule has 20 heavy (non-hydrogen) atoms. The molecule has 0 heterocycles. The fraction of sp³-hybridized carbons (Fsp3) is 0.533. The summed E-state index contributed by atoms with van der Waals surface area (Å²) in [4.78, 5) is 11.5. The van der Waals surface area contributed by atoms with Crippen molar-refractivity contribution in [2.45, 2.75) is 32.6 Å². The Morgan fingerprint density at radius 3 is 2.50 bits per heavy atom. The van der Waals surface area contributed by atoms with Crippen LogP contribution in [0.25, 0.3) is 0 Å². The van der Waals surface area contributed by atoms with Gasteiger partial charge in [-0.3, -0.25) is 4.79 Å². The van der Waals surface area contributed by atoms with Crippen LogP contribution in [0.1, 0.15) is 31.7 Å². The molecule has 0 aliphatic rings. The maximum Gasteiger partial charge on any atom is 0.220 e. The highest BCUT2D eigenvalue weighted by molar-refractivity contribution is 14.1. The van der Waals surface area contributed by atoms with Gasteiger partial charge < -0.3 is 10.6 Å². The minimum atomic E-state index is 0. The number of halogens is 2. The van der Waals surface area contributed by atoms with Crippen molar-refractivity contribution < 1.29 is 4.79 Å². The Labute approximate surface area is 141 Å². The molecule has 2 N–H and O–H groups in total. The molecule has 3 nitrogen and oxygen atoms in total. The number of rotatable bonds is 9. The minimum Gasteiger partial charge on any atom is -0.355 e. The van der Waals surface area contributed by atoms with Crippen LogP contribution in [-0.2, 0) is 11.2 Å². The molecule has 0 spiro atoms. The van der Waals surface area contributed by atoms with Crippen LogP contribution >= 0.6 is 35.0 Å². The quantitative estimate of drug-likeness (QED) is 0.485. The van der Waals surface area contributed by atoms with Crippen molar-refractivity contribution >= 4 is 40.9 Å². The average molecular weight is 411 g/mol. The van der Waals surface area contributed by atoms with Crippen molar-refractivity contribution in [2.24, 2.45) is 0 Å².